The number of nitrogens with one attached hydrogen (secondary N) is 1. The lowest BCUT2D eigenvalue weighted by Gasteiger charge is -2.07. The van der Waals surface area contributed by atoms with Gasteiger partial charge < -0.3 is 5.73 Å². The maximum absolute atomic E-state index is 13.0. The van der Waals surface area contributed by atoms with Crippen LogP contribution in [0.3, 0.4) is 0 Å². The SMILES string of the molecule is Cn1ncnc1NS(=O)(=O)c1ccc(F)c(N)c1. The number of aromatic nitrogens is 3. The fourth-order valence-corrected chi connectivity index (χ4v) is 2.33. The van der Waals surface area contributed by atoms with Crippen molar-refractivity contribution in [3.8, 4) is 0 Å². The molecule has 9 heteroatoms. The molecule has 3 N–H and O–H groups in total. The molecule has 0 radical (unpaired) electrons. The summed E-state index contributed by atoms with van der Waals surface area (Å²) >= 11 is 0. The minimum absolute atomic E-state index is 0.0536. The molecule has 1 aromatic heterocycles. The van der Waals surface area contributed by atoms with Crippen LogP contribution in [-0.2, 0) is 17.1 Å². The Morgan fingerprint density at radius 1 is 1.44 bits per heavy atom. The Morgan fingerprint density at radius 3 is 2.72 bits per heavy atom. The van der Waals surface area contributed by atoms with Crippen LogP contribution in [0.4, 0.5) is 16.0 Å². The van der Waals surface area contributed by atoms with Crippen molar-refractivity contribution in [2.75, 3.05) is 10.5 Å². The van der Waals surface area contributed by atoms with Crippen molar-refractivity contribution in [3.05, 3.63) is 30.3 Å². The molecule has 0 fully saturated rings. The Hall–Kier alpha value is -2.16. The largest absolute Gasteiger partial charge is 0.396 e. The number of rotatable bonds is 3. The molecule has 0 saturated carbocycles. The molecule has 0 amide bonds. The summed E-state index contributed by atoms with van der Waals surface area (Å²) in [6.45, 7) is 0. The first-order chi connectivity index (χ1) is 8.40. The van der Waals surface area contributed by atoms with Crippen molar-refractivity contribution in [2.24, 2.45) is 7.05 Å². The van der Waals surface area contributed by atoms with Gasteiger partial charge in [-0.05, 0) is 18.2 Å². The van der Waals surface area contributed by atoms with Gasteiger partial charge in [-0.3, -0.25) is 0 Å². The third kappa shape index (κ3) is 2.25. The molecule has 18 heavy (non-hydrogen) atoms. The highest BCUT2D eigenvalue weighted by Gasteiger charge is 2.17. The summed E-state index contributed by atoms with van der Waals surface area (Å²) in [7, 11) is -2.33. The van der Waals surface area contributed by atoms with Gasteiger partial charge in [0.05, 0.1) is 10.6 Å². The van der Waals surface area contributed by atoms with Gasteiger partial charge in [0.25, 0.3) is 10.0 Å². The van der Waals surface area contributed by atoms with E-state index in [1.807, 2.05) is 0 Å². The van der Waals surface area contributed by atoms with Crippen molar-refractivity contribution in [3.63, 3.8) is 0 Å². The van der Waals surface area contributed by atoms with Crippen LogP contribution in [-0.4, -0.2) is 23.2 Å². The molecule has 0 aliphatic heterocycles. The molecule has 0 aliphatic carbocycles. The minimum atomic E-state index is -3.86. The standard InChI is InChI=1S/C9H10FN5O2S/c1-15-9(12-5-13-15)14-18(16,17)6-2-3-7(10)8(11)4-6/h2-5H,11H2,1H3,(H,12,13,14). The Bertz CT molecular complexity index is 682. The molecular formula is C9H10FN5O2S. The van der Waals surface area contributed by atoms with E-state index in [2.05, 4.69) is 14.8 Å². The number of nitrogens with zero attached hydrogens (tertiary/aromatic N) is 3. The molecule has 2 aromatic rings. The van der Waals surface area contributed by atoms with Crippen LogP contribution in [0, 0.1) is 5.82 Å². The van der Waals surface area contributed by atoms with Gasteiger partial charge in [-0.1, -0.05) is 0 Å². The number of hydrogen-bond donors (Lipinski definition) is 2. The molecule has 0 saturated heterocycles. The highest BCUT2D eigenvalue weighted by Crippen LogP contribution is 2.18. The zero-order chi connectivity index (χ0) is 13.3. The second kappa shape index (κ2) is 4.26. The lowest BCUT2D eigenvalue weighted by molar-refractivity contribution is 0.599. The van der Waals surface area contributed by atoms with E-state index in [1.54, 1.807) is 0 Å². The molecule has 0 unspecified atom stereocenters. The number of hydrogen-bond acceptors (Lipinski definition) is 5. The molecule has 7 nitrogen and oxygen atoms in total. The number of aryl methyl sites for hydroxylation is 1. The fraction of sp³-hybridized carbons (Fsp3) is 0.111. The van der Waals surface area contributed by atoms with E-state index < -0.39 is 15.8 Å². The number of nitrogen functional groups attached to an aromatic ring is 1. The van der Waals surface area contributed by atoms with E-state index in [0.717, 1.165) is 18.2 Å². The van der Waals surface area contributed by atoms with Crippen LogP contribution in [0.25, 0.3) is 0 Å². The van der Waals surface area contributed by atoms with Gasteiger partial charge in [0, 0.05) is 7.05 Å². The van der Waals surface area contributed by atoms with Gasteiger partial charge in [0.1, 0.15) is 12.1 Å². The van der Waals surface area contributed by atoms with Crippen LogP contribution in [0.2, 0.25) is 0 Å². The summed E-state index contributed by atoms with van der Waals surface area (Å²) in [5.74, 6) is -0.620. The third-order valence-corrected chi connectivity index (χ3v) is 3.54. The first-order valence-corrected chi connectivity index (χ1v) is 6.30. The van der Waals surface area contributed by atoms with Crippen LogP contribution in [0.1, 0.15) is 0 Å². The van der Waals surface area contributed by atoms with E-state index in [9.17, 15) is 12.8 Å². The van der Waals surface area contributed by atoms with E-state index in [4.69, 9.17) is 5.73 Å². The summed E-state index contributed by atoms with van der Waals surface area (Å²) in [6.07, 6.45) is 1.21. The summed E-state index contributed by atoms with van der Waals surface area (Å²) < 4.78 is 40.3. The first kappa shape index (κ1) is 12.3. The zero-order valence-electron chi connectivity index (χ0n) is 9.33. The van der Waals surface area contributed by atoms with Crippen LogP contribution in [0.15, 0.2) is 29.4 Å². The average Bonchev–Trinajstić information content (AvgIpc) is 2.67. The summed E-state index contributed by atoms with van der Waals surface area (Å²) in [5, 5.41) is 3.72. The van der Waals surface area contributed by atoms with Gasteiger partial charge in [-0.25, -0.2) is 22.2 Å². The molecule has 96 valence electrons. The quantitative estimate of drug-likeness (QED) is 0.783. The van der Waals surface area contributed by atoms with Crippen LogP contribution < -0.4 is 10.5 Å². The van der Waals surface area contributed by atoms with Crippen LogP contribution in [0.5, 0.6) is 0 Å². The first-order valence-electron chi connectivity index (χ1n) is 4.82. The highest BCUT2D eigenvalue weighted by molar-refractivity contribution is 7.92. The van der Waals surface area contributed by atoms with Crippen LogP contribution >= 0.6 is 0 Å². The van der Waals surface area contributed by atoms with E-state index in [1.165, 1.54) is 18.1 Å². The number of halogens is 1. The number of anilines is 2. The summed E-state index contributed by atoms with van der Waals surface area (Å²) in [5.41, 5.74) is 5.08. The fourth-order valence-electron chi connectivity index (χ4n) is 1.26. The maximum atomic E-state index is 13.0. The second-order valence-electron chi connectivity index (χ2n) is 3.50. The van der Waals surface area contributed by atoms with Gasteiger partial charge in [-0.15, -0.1) is 0 Å². The number of sulfonamides is 1. The summed E-state index contributed by atoms with van der Waals surface area (Å²) in [4.78, 5) is 3.57. The van der Waals surface area contributed by atoms with Crippen molar-refractivity contribution < 1.29 is 12.8 Å². The third-order valence-electron chi connectivity index (χ3n) is 2.21. The van der Waals surface area contributed by atoms with Gasteiger partial charge in [0.15, 0.2) is 0 Å². The van der Waals surface area contributed by atoms with E-state index >= 15 is 0 Å². The second-order valence-corrected chi connectivity index (χ2v) is 5.18. The Balaban J connectivity index is 2.37. The predicted octanol–water partition coefficient (Wildman–Crippen LogP) is 0.337. The average molecular weight is 271 g/mol. The van der Waals surface area contributed by atoms with Crippen molar-refractivity contribution >= 4 is 21.7 Å². The maximum Gasteiger partial charge on any atom is 0.264 e. The van der Waals surface area contributed by atoms with Crippen molar-refractivity contribution in [1.82, 2.24) is 14.8 Å². The van der Waals surface area contributed by atoms with Gasteiger partial charge in [-0.2, -0.15) is 10.1 Å². The Labute approximate surface area is 102 Å². The van der Waals surface area contributed by atoms with Gasteiger partial charge >= 0.3 is 0 Å². The minimum Gasteiger partial charge on any atom is -0.396 e. The summed E-state index contributed by atoms with van der Waals surface area (Å²) in [6, 6.07) is 3.14. The number of benzene rings is 1. The Kier molecular flexibility index (Phi) is 2.91. The zero-order valence-corrected chi connectivity index (χ0v) is 10.1. The topological polar surface area (TPSA) is 103 Å². The molecule has 1 heterocycles. The van der Waals surface area contributed by atoms with E-state index in [0.29, 0.717) is 0 Å². The van der Waals surface area contributed by atoms with Gasteiger partial charge in [0.2, 0.25) is 5.95 Å². The monoisotopic (exact) mass is 271 g/mol. The van der Waals surface area contributed by atoms with Crippen molar-refractivity contribution in [1.29, 1.82) is 0 Å². The molecule has 0 bridgehead atoms. The molecule has 0 spiro atoms. The highest BCUT2D eigenvalue weighted by atomic mass is 32.2. The van der Waals surface area contributed by atoms with E-state index in [-0.39, 0.29) is 16.5 Å². The molecule has 2 rings (SSSR count). The normalized spacial score (nSPS) is 11.4. The Morgan fingerprint density at radius 2 is 2.17 bits per heavy atom. The molecule has 0 aliphatic rings. The van der Waals surface area contributed by atoms with Crippen molar-refractivity contribution in [2.45, 2.75) is 4.90 Å². The lowest BCUT2D eigenvalue weighted by Crippen LogP contribution is -2.16. The molecule has 0 atom stereocenters. The molecular weight excluding hydrogens is 261 g/mol. The lowest BCUT2D eigenvalue weighted by atomic mass is 10.3. The predicted molar refractivity (Wildman–Crippen MR) is 62.6 cm³/mol. The molecule has 1 aromatic carbocycles. The smallest absolute Gasteiger partial charge is 0.264 e. The number of nitrogens with two attached hydrogens (primary N) is 1.